The number of carbonyl (C=O) groups excluding carboxylic acids is 2. The van der Waals surface area contributed by atoms with Gasteiger partial charge in [-0.2, -0.15) is 5.01 Å². The van der Waals surface area contributed by atoms with Crippen molar-refractivity contribution in [1.29, 1.82) is 0 Å². The molecule has 1 saturated heterocycles. The third-order valence-corrected chi connectivity index (χ3v) is 3.75. The maximum absolute atomic E-state index is 12.4. The Labute approximate surface area is 128 Å². The van der Waals surface area contributed by atoms with Gasteiger partial charge in [0.1, 0.15) is 5.54 Å². The first-order valence-corrected chi connectivity index (χ1v) is 7.06. The number of hydrazine groups is 1. The molecule has 0 aromatic heterocycles. The number of benzene rings is 1. The van der Waals surface area contributed by atoms with Crippen LogP contribution in [0.4, 0.5) is 4.79 Å². The predicted octanol–water partition coefficient (Wildman–Crippen LogP) is 0.939. The number of hydrogen-bond donors (Lipinski definition) is 3. The van der Waals surface area contributed by atoms with Crippen LogP contribution in [-0.2, 0) is 11.2 Å². The summed E-state index contributed by atoms with van der Waals surface area (Å²) in [7, 11) is 1.61. The zero-order valence-corrected chi connectivity index (χ0v) is 12.8. The van der Waals surface area contributed by atoms with E-state index < -0.39 is 11.6 Å². The standard InChI is InChI=1S/C14H18N4O2S/c1-14(9-8-10-6-4-3-5-7-10)11(19)18(13(20)16-14)17-12(21)15-2/h3-7H,8-9H2,1-2H3,(H,16,20)(H2,15,17,21)/t14-/m0/s1. The summed E-state index contributed by atoms with van der Waals surface area (Å²) in [5.74, 6) is -0.332. The van der Waals surface area contributed by atoms with E-state index in [1.807, 2.05) is 30.3 Å². The summed E-state index contributed by atoms with van der Waals surface area (Å²) in [6.07, 6.45) is 1.22. The lowest BCUT2D eigenvalue weighted by Crippen LogP contribution is -2.51. The molecule has 112 valence electrons. The van der Waals surface area contributed by atoms with Gasteiger partial charge in [-0.25, -0.2) is 4.79 Å². The van der Waals surface area contributed by atoms with Gasteiger partial charge in [-0.3, -0.25) is 10.2 Å². The first-order valence-electron chi connectivity index (χ1n) is 6.65. The first kappa shape index (κ1) is 15.2. The third-order valence-electron chi connectivity index (χ3n) is 3.46. The van der Waals surface area contributed by atoms with Crippen molar-refractivity contribution in [2.45, 2.75) is 25.3 Å². The van der Waals surface area contributed by atoms with Crippen LogP contribution >= 0.6 is 12.2 Å². The van der Waals surface area contributed by atoms with Crippen LogP contribution in [0.25, 0.3) is 0 Å². The number of amides is 3. The number of nitrogens with zero attached hydrogens (tertiary/aromatic N) is 1. The maximum atomic E-state index is 12.4. The lowest BCUT2D eigenvalue weighted by atomic mass is 9.93. The van der Waals surface area contributed by atoms with Crippen molar-refractivity contribution in [3.05, 3.63) is 35.9 Å². The summed E-state index contributed by atoms with van der Waals surface area (Å²) in [6, 6.07) is 9.34. The van der Waals surface area contributed by atoms with Gasteiger partial charge >= 0.3 is 6.03 Å². The molecule has 0 radical (unpaired) electrons. The maximum Gasteiger partial charge on any atom is 0.344 e. The minimum Gasteiger partial charge on any atom is -0.364 e. The Morgan fingerprint density at radius 2 is 2.00 bits per heavy atom. The second kappa shape index (κ2) is 6.09. The van der Waals surface area contributed by atoms with Crippen molar-refractivity contribution in [1.82, 2.24) is 21.1 Å². The van der Waals surface area contributed by atoms with Gasteiger partial charge in [-0.05, 0) is 37.5 Å². The molecule has 3 N–H and O–H groups in total. The number of imide groups is 1. The lowest BCUT2D eigenvalue weighted by Gasteiger charge is -2.22. The van der Waals surface area contributed by atoms with Gasteiger partial charge < -0.3 is 10.6 Å². The average molecular weight is 306 g/mol. The number of rotatable bonds is 4. The Morgan fingerprint density at radius 3 is 2.62 bits per heavy atom. The van der Waals surface area contributed by atoms with Crippen molar-refractivity contribution >= 4 is 29.3 Å². The minimum atomic E-state index is -0.927. The molecule has 7 heteroatoms. The fourth-order valence-electron chi connectivity index (χ4n) is 2.15. The van der Waals surface area contributed by atoms with Gasteiger partial charge in [-0.1, -0.05) is 30.3 Å². The van der Waals surface area contributed by atoms with Crippen molar-refractivity contribution in [2.24, 2.45) is 0 Å². The van der Waals surface area contributed by atoms with E-state index in [9.17, 15) is 9.59 Å². The van der Waals surface area contributed by atoms with E-state index >= 15 is 0 Å². The molecule has 1 atom stereocenters. The number of hydrogen-bond acceptors (Lipinski definition) is 3. The van der Waals surface area contributed by atoms with Crippen molar-refractivity contribution in [3.63, 3.8) is 0 Å². The minimum absolute atomic E-state index is 0.214. The van der Waals surface area contributed by atoms with Crippen LogP contribution in [0, 0.1) is 0 Å². The Hall–Kier alpha value is -2.15. The SMILES string of the molecule is CNC(=S)NN1C(=O)N[C@@](C)(CCc2ccccc2)C1=O. The molecule has 6 nitrogen and oxygen atoms in total. The second-order valence-corrected chi connectivity index (χ2v) is 5.49. The molecule has 0 bridgehead atoms. The third kappa shape index (κ3) is 3.30. The number of thiocarbonyl (C=S) groups is 1. The molecule has 0 aliphatic carbocycles. The molecule has 1 aliphatic rings. The normalized spacial score (nSPS) is 21.1. The van der Waals surface area contributed by atoms with Gasteiger partial charge in [0.15, 0.2) is 5.11 Å². The van der Waals surface area contributed by atoms with E-state index in [0.717, 1.165) is 10.6 Å². The monoisotopic (exact) mass is 306 g/mol. The van der Waals surface area contributed by atoms with Crippen LogP contribution in [0.5, 0.6) is 0 Å². The smallest absolute Gasteiger partial charge is 0.344 e. The summed E-state index contributed by atoms with van der Waals surface area (Å²) in [6.45, 7) is 1.72. The average Bonchev–Trinajstić information content (AvgIpc) is 2.70. The van der Waals surface area contributed by atoms with Gasteiger partial charge in [0.05, 0.1) is 0 Å². The largest absolute Gasteiger partial charge is 0.364 e. The van der Waals surface area contributed by atoms with E-state index in [4.69, 9.17) is 12.2 Å². The van der Waals surface area contributed by atoms with Crippen LogP contribution in [0.15, 0.2) is 30.3 Å². The highest BCUT2D eigenvalue weighted by atomic mass is 32.1. The molecular weight excluding hydrogens is 288 g/mol. The number of urea groups is 1. The summed E-state index contributed by atoms with van der Waals surface area (Å²) >= 11 is 4.92. The van der Waals surface area contributed by atoms with Gasteiger partial charge in [-0.15, -0.1) is 0 Å². The molecule has 3 amide bonds. The fourth-order valence-corrected chi connectivity index (χ4v) is 2.24. The molecule has 2 rings (SSSR count). The van der Waals surface area contributed by atoms with Gasteiger partial charge in [0.2, 0.25) is 0 Å². The Kier molecular flexibility index (Phi) is 4.42. The Balaban J connectivity index is 2.04. The summed E-state index contributed by atoms with van der Waals surface area (Å²) in [4.78, 5) is 24.3. The highest BCUT2D eigenvalue weighted by Gasteiger charge is 2.48. The summed E-state index contributed by atoms with van der Waals surface area (Å²) < 4.78 is 0. The van der Waals surface area contributed by atoms with Crippen LogP contribution in [-0.4, -0.2) is 34.6 Å². The quantitative estimate of drug-likeness (QED) is 0.570. The highest BCUT2D eigenvalue weighted by Crippen LogP contribution is 2.22. The van der Waals surface area contributed by atoms with Crippen molar-refractivity contribution < 1.29 is 9.59 Å². The van der Waals surface area contributed by atoms with Gasteiger partial charge in [0, 0.05) is 7.05 Å². The van der Waals surface area contributed by atoms with Crippen LogP contribution in [0.2, 0.25) is 0 Å². The molecule has 21 heavy (non-hydrogen) atoms. The topological polar surface area (TPSA) is 73.5 Å². The second-order valence-electron chi connectivity index (χ2n) is 5.08. The van der Waals surface area contributed by atoms with Crippen LogP contribution < -0.4 is 16.1 Å². The van der Waals surface area contributed by atoms with E-state index in [2.05, 4.69) is 16.1 Å². The summed E-state index contributed by atoms with van der Waals surface area (Å²) in [5.41, 5.74) is 2.77. The molecule has 1 heterocycles. The van der Waals surface area contributed by atoms with E-state index in [1.165, 1.54) is 0 Å². The molecule has 0 spiro atoms. The fraction of sp³-hybridized carbons (Fsp3) is 0.357. The highest BCUT2D eigenvalue weighted by molar-refractivity contribution is 7.80. The van der Waals surface area contributed by atoms with Crippen molar-refractivity contribution in [2.75, 3.05) is 7.05 Å². The number of carbonyl (C=O) groups is 2. The molecule has 1 aromatic rings. The van der Waals surface area contributed by atoms with Crippen LogP contribution in [0.1, 0.15) is 18.9 Å². The van der Waals surface area contributed by atoms with Gasteiger partial charge in [0.25, 0.3) is 5.91 Å². The molecule has 1 aliphatic heterocycles. The van der Waals surface area contributed by atoms with Crippen molar-refractivity contribution in [3.8, 4) is 0 Å². The molecule has 1 aromatic carbocycles. The number of aryl methyl sites for hydroxylation is 1. The van der Waals surface area contributed by atoms with E-state index in [0.29, 0.717) is 12.8 Å². The predicted molar refractivity (Wildman–Crippen MR) is 83.3 cm³/mol. The number of nitrogens with one attached hydrogen (secondary N) is 3. The molecule has 1 fully saturated rings. The lowest BCUT2D eigenvalue weighted by molar-refractivity contribution is -0.132. The molecular formula is C14H18N4O2S. The van der Waals surface area contributed by atoms with E-state index in [1.54, 1.807) is 14.0 Å². The molecule has 0 saturated carbocycles. The zero-order chi connectivity index (χ0) is 15.5. The first-order chi connectivity index (χ1) is 9.96. The molecule has 0 unspecified atom stereocenters. The Bertz CT molecular complexity index is 563. The Morgan fingerprint density at radius 1 is 1.33 bits per heavy atom. The van der Waals surface area contributed by atoms with E-state index in [-0.39, 0.29) is 11.0 Å². The summed E-state index contributed by atoms with van der Waals surface area (Å²) in [5, 5.41) is 6.52. The zero-order valence-electron chi connectivity index (χ0n) is 12.0. The van der Waals surface area contributed by atoms with Crippen LogP contribution in [0.3, 0.4) is 0 Å².